The fourth-order valence-electron chi connectivity index (χ4n) is 4.94. The minimum atomic E-state index is -0.294. The lowest BCUT2D eigenvalue weighted by Crippen LogP contribution is -2.51. The number of nitrogens with one attached hydrogen (secondary N) is 1. The van der Waals surface area contributed by atoms with Gasteiger partial charge in [-0.25, -0.2) is 0 Å². The van der Waals surface area contributed by atoms with Crippen LogP contribution in [-0.2, 0) is 22.7 Å². The van der Waals surface area contributed by atoms with Crippen molar-refractivity contribution in [1.29, 1.82) is 0 Å². The molecule has 0 bridgehead atoms. The van der Waals surface area contributed by atoms with Crippen molar-refractivity contribution in [3.8, 4) is 0 Å². The van der Waals surface area contributed by atoms with E-state index in [-0.39, 0.29) is 23.2 Å². The first-order valence-electron chi connectivity index (χ1n) is 11.1. The zero-order chi connectivity index (χ0) is 22.2. The molecule has 6 nitrogen and oxygen atoms in total. The molecular weight excluding hydrogens is 488 g/mol. The number of carbonyl (C=O) groups is 2. The number of halogens is 1. The van der Waals surface area contributed by atoms with E-state index in [1.807, 2.05) is 0 Å². The molecule has 2 unspecified atom stereocenters. The maximum Gasteiger partial charge on any atom is 0.243 e. The van der Waals surface area contributed by atoms with Crippen molar-refractivity contribution in [2.45, 2.75) is 37.3 Å². The van der Waals surface area contributed by atoms with Gasteiger partial charge in [-0.3, -0.25) is 24.7 Å². The molecule has 5 rings (SSSR count). The number of amides is 2. The normalized spacial score (nSPS) is 24.5. The summed E-state index contributed by atoms with van der Waals surface area (Å²) in [4.78, 5) is 30.9. The summed E-state index contributed by atoms with van der Waals surface area (Å²) in [5, 5.41) is 2.35. The van der Waals surface area contributed by atoms with E-state index in [1.165, 1.54) is 22.4 Å². The molecule has 0 spiro atoms. The Hall–Kier alpha value is -1.87. The fraction of sp³-hybridized carbons (Fsp3) is 0.417. The maximum absolute atomic E-state index is 12.3. The number of rotatable bonds is 4. The lowest BCUT2D eigenvalue weighted by atomic mass is 10.0. The predicted molar refractivity (Wildman–Crippen MR) is 132 cm³/mol. The van der Waals surface area contributed by atoms with Crippen molar-refractivity contribution in [3.63, 3.8) is 0 Å². The van der Waals surface area contributed by atoms with E-state index in [0.717, 1.165) is 37.2 Å². The van der Waals surface area contributed by atoms with Gasteiger partial charge in [-0.15, -0.1) is 0 Å². The topological polar surface area (TPSA) is 55.9 Å². The first-order valence-corrected chi connectivity index (χ1v) is 12.4. The molecule has 2 atom stereocenters. The molecule has 3 aliphatic heterocycles. The Morgan fingerprint density at radius 1 is 1.03 bits per heavy atom. The Labute approximate surface area is 202 Å². The highest BCUT2D eigenvalue weighted by atomic mass is 79.9. The molecule has 0 radical (unpaired) electrons. The highest BCUT2D eigenvalue weighted by molar-refractivity contribution is 9.10. The average Bonchev–Trinajstić information content (AvgIpc) is 3.11. The standard InChI is InChI=1S/C24H27BrN4O2S/c25-18-3-5-19(6-4-18)28-11-9-27(10-12-28)14-16-1-2-17-15-29(24(32)20(17)13-16)21-7-8-22(30)26-23(21)31/h1-6,13,21,24,32H,7-12,14-15H2,(H,26,30,31). The van der Waals surface area contributed by atoms with Gasteiger partial charge in [0.05, 0.1) is 11.4 Å². The Balaban J connectivity index is 1.21. The summed E-state index contributed by atoms with van der Waals surface area (Å²) in [6.07, 6.45) is 0.951. The number of imide groups is 1. The molecular formula is C24H27BrN4O2S. The van der Waals surface area contributed by atoms with Crippen LogP contribution in [0.25, 0.3) is 0 Å². The summed E-state index contributed by atoms with van der Waals surface area (Å²) >= 11 is 8.35. The van der Waals surface area contributed by atoms with Crippen LogP contribution in [0.1, 0.15) is 34.9 Å². The quantitative estimate of drug-likeness (QED) is 0.484. The number of nitrogens with zero attached hydrogens (tertiary/aromatic N) is 3. The molecule has 1 N–H and O–H groups in total. The second kappa shape index (κ2) is 9.17. The Morgan fingerprint density at radius 2 is 1.78 bits per heavy atom. The Kier molecular flexibility index (Phi) is 6.29. The van der Waals surface area contributed by atoms with Crippen LogP contribution < -0.4 is 10.2 Å². The van der Waals surface area contributed by atoms with Gasteiger partial charge in [0.1, 0.15) is 0 Å². The van der Waals surface area contributed by atoms with Gasteiger partial charge in [-0.1, -0.05) is 34.1 Å². The Morgan fingerprint density at radius 3 is 2.50 bits per heavy atom. The van der Waals surface area contributed by atoms with E-state index in [1.54, 1.807) is 0 Å². The maximum atomic E-state index is 12.3. The van der Waals surface area contributed by atoms with Gasteiger partial charge < -0.3 is 4.90 Å². The van der Waals surface area contributed by atoms with Crippen molar-refractivity contribution in [2.75, 3.05) is 31.1 Å². The smallest absolute Gasteiger partial charge is 0.243 e. The van der Waals surface area contributed by atoms with Gasteiger partial charge in [0.15, 0.2) is 0 Å². The molecule has 2 aromatic rings. The second-order valence-electron chi connectivity index (χ2n) is 8.79. The van der Waals surface area contributed by atoms with Crippen molar-refractivity contribution in [1.82, 2.24) is 15.1 Å². The van der Waals surface area contributed by atoms with Crippen molar-refractivity contribution < 1.29 is 9.59 Å². The zero-order valence-corrected chi connectivity index (χ0v) is 20.3. The number of piperidine rings is 1. The monoisotopic (exact) mass is 514 g/mol. The predicted octanol–water partition coefficient (Wildman–Crippen LogP) is 3.32. The molecule has 8 heteroatoms. The van der Waals surface area contributed by atoms with Gasteiger partial charge in [-0.05, 0) is 47.4 Å². The third-order valence-electron chi connectivity index (χ3n) is 6.74. The first-order chi connectivity index (χ1) is 15.5. The lowest BCUT2D eigenvalue weighted by molar-refractivity contribution is -0.137. The van der Waals surface area contributed by atoms with E-state index in [4.69, 9.17) is 12.6 Å². The summed E-state index contributed by atoms with van der Waals surface area (Å²) in [5.41, 5.74) is 4.96. The average molecular weight is 515 g/mol. The zero-order valence-electron chi connectivity index (χ0n) is 17.8. The molecule has 2 aromatic carbocycles. The molecule has 2 fully saturated rings. The summed E-state index contributed by atoms with van der Waals surface area (Å²) in [7, 11) is 0. The largest absolute Gasteiger partial charge is 0.369 e. The van der Waals surface area contributed by atoms with Crippen LogP contribution in [0, 0.1) is 0 Å². The van der Waals surface area contributed by atoms with Crippen LogP contribution in [-0.4, -0.2) is 53.8 Å². The minimum absolute atomic E-state index is 0.122. The second-order valence-corrected chi connectivity index (χ2v) is 10.2. The third kappa shape index (κ3) is 4.46. The van der Waals surface area contributed by atoms with E-state index in [0.29, 0.717) is 19.4 Å². The molecule has 2 amide bonds. The number of hydrogen-bond acceptors (Lipinski definition) is 6. The fourth-order valence-corrected chi connectivity index (χ4v) is 5.69. The van der Waals surface area contributed by atoms with Crippen LogP contribution >= 0.6 is 28.6 Å². The number of piperazine rings is 1. The van der Waals surface area contributed by atoms with Gasteiger partial charge in [-0.2, -0.15) is 12.6 Å². The molecule has 168 valence electrons. The molecule has 0 aliphatic carbocycles. The SMILES string of the molecule is O=C1CCC(N2Cc3ccc(CN4CCN(c5ccc(Br)cc5)CC4)cc3C2S)C(=O)N1. The molecule has 32 heavy (non-hydrogen) atoms. The van der Waals surface area contributed by atoms with Crippen LogP contribution in [0.5, 0.6) is 0 Å². The highest BCUT2D eigenvalue weighted by Gasteiger charge is 2.39. The van der Waals surface area contributed by atoms with Crippen molar-refractivity contribution >= 4 is 46.1 Å². The van der Waals surface area contributed by atoms with E-state index < -0.39 is 0 Å². The van der Waals surface area contributed by atoms with E-state index in [9.17, 15) is 9.59 Å². The molecule has 0 aromatic heterocycles. The van der Waals surface area contributed by atoms with Gasteiger partial charge in [0, 0.05) is 55.8 Å². The van der Waals surface area contributed by atoms with Crippen molar-refractivity contribution in [3.05, 3.63) is 63.6 Å². The lowest BCUT2D eigenvalue weighted by Gasteiger charge is -2.36. The van der Waals surface area contributed by atoms with Crippen LogP contribution in [0.2, 0.25) is 0 Å². The van der Waals surface area contributed by atoms with Gasteiger partial charge in [0.25, 0.3) is 0 Å². The number of thiol groups is 1. The molecule has 3 aliphatic rings. The molecule has 0 saturated carbocycles. The Bertz CT molecular complexity index is 1020. The van der Waals surface area contributed by atoms with Gasteiger partial charge in [0.2, 0.25) is 11.8 Å². The number of carbonyl (C=O) groups excluding carboxylic acids is 2. The summed E-state index contributed by atoms with van der Waals surface area (Å²) in [5.74, 6) is -0.377. The van der Waals surface area contributed by atoms with Crippen LogP contribution in [0.4, 0.5) is 5.69 Å². The van der Waals surface area contributed by atoms with Crippen LogP contribution in [0.15, 0.2) is 46.9 Å². The molecule has 2 saturated heterocycles. The summed E-state index contributed by atoms with van der Waals surface area (Å²) in [6.45, 7) is 5.71. The minimum Gasteiger partial charge on any atom is -0.369 e. The van der Waals surface area contributed by atoms with Crippen LogP contribution in [0.3, 0.4) is 0 Å². The summed E-state index contributed by atoms with van der Waals surface area (Å²) < 4.78 is 1.11. The number of fused-ring (bicyclic) bond motifs is 1. The summed E-state index contributed by atoms with van der Waals surface area (Å²) in [6, 6.07) is 14.9. The molecule has 3 heterocycles. The third-order valence-corrected chi connectivity index (χ3v) is 7.84. The van der Waals surface area contributed by atoms with Gasteiger partial charge >= 0.3 is 0 Å². The first kappa shape index (κ1) is 21.9. The van der Waals surface area contributed by atoms with E-state index >= 15 is 0 Å². The van der Waals surface area contributed by atoms with Crippen molar-refractivity contribution in [2.24, 2.45) is 0 Å². The number of benzene rings is 2. The number of anilines is 1. The van der Waals surface area contributed by atoms with E-state index in [2.05, 4.69) is 78.4 Å². The number of hydrogen-bond donors (Lipinski definition) is 2. The highest BCUT2D eigenvalue weighted by Crippen LogP contribution is 2.39.